The van der Waals surface area contributed by atoms with Crippen LogP contribution >= 0.6 is 0 Å². The molecule has 2 aromatic carbocycles. The number of aromatic nitrogens is 2. The summed E-state index contributed by atoms with van der Waals surface area (Å²) in [6, 6.07) is 14.0. The highest BCUT2D eigenvalue weighted by Crippen LogP contribution is 2.27. The van der Waals surface area contributed by atoms with Gasteiger partial charge in [0.2, 0.25) is 0 Å². The second-order valence-corrected chi connectivity index (χ2v) is 9.99. The predicted octanol–water partition coefficient (Wildman–Crippen LogP) is 3.31. The number of amides is 1. The van der Waals surface area contributed by atoms with E-state index in [-0.39, 0.29) is 16.6 Å². The first-order chi connectivity index (χ1) is 15.3. The Morgan fingerprint density at radius 2 is 1.69 bits per heavy atom. The summed E-state index contributed by atoms with van der Waals surface area (Å²) in [5, 5.41) is 3.83. The van der Waals surface area contributed by atoms with Crippen LogP contribution < -0.4 is 4.74 Å². The van der Waals surface area contributed by atoms with E-state index >= 15 is 0 Å². The second-order valence-electron chi connectivity index (χ2n) is 7.76. The molecule has 0 aliphatic carbocycles. The lowest BCUT2D eigenvalue weighted by Crippen LogP contribution is -2.43. The molecule has 1 aliphatic rings. The summed E-state index contributed by atoms with van der Waals surface area (Å²) >= 11 is 0. The number of methoxy groups -OCH3 is 1. The van der Waals surface area contributed by atoms with Crippen molar-refractivity contribution in [2.45, 2.75) is 23.0 Å². The Hall–Kier alpha value is -3.20. The van der Waals surface area contributed by atoms with Crippen molar-refractivity contribution in [2.75, 3.05) is 20.2 Å². The minimum Gasteiger partial charge on any atom is -0.497 e. The highest BCUT2D eigenvalue weighted by molar-refractivity contribution is 7.92. The first kappa shape index (κ1) is 22.0. The van der Waals surface area contributed by atoms with E-state index in [2.05, 4.69) is 5.10 Å². The number of benzene rings is 2. The monoisotopic (exact) mass is 457 g/mol. The Morgan fingerprint density at radius 1 is 1.06 bits per heavy atom. The van der Waals surface area contributed by atoms with Crippen LogP contribution in [0, 0.1) is 5.82 Å². The Bertz CT molecular complexity index is 1210. The molecule has 9 heteroatoms. The van der Waals surface area contributed by atoms with Crippen molar-refractivity contribution >= 4 is 15.7 Å². The number of carbonyl (C=O) groups is 1. The van der Waals surface area contributed by atoms with Crippen molar-refractivity contribution < 1.29 is 22.3 Å². The Kier molecular flexibility index (Phi) is 6.01. The topological polar surface area (TPSA) is 81.5 Å². The van der Waals surface area contributed by atoms with Crippen molar-refractivity contribution in [1.82, 2.24) is 14.7 Å². The van der Waals surface area contributed by atoms with Crippen LogP contribution in [0.4, 0.5) is 4.39 Å². The maximum absolute atomic E-state index is 13.2. The van der Waals surface area contributed by atoms with Gasteiger partial charge >= 0.3 is 0 Å². The van der Waals surface area contributed by atoms with Crippen LogP contribution in [0.2, 0.25) is 0 Å². The molecule has 1 fully saturated rings. The minimum absolute atomic E-state index is 0.200. The lowest BCUT2D eigenvalue weighted by atomic mass is 10.1. The molecule has 7 nitrogen and oxygen atoms in total. The van der Waals surface area contributed by atoms with Crippen LogP contribution in [0.25, 0.3) is 11.3 Å². The summed E-state index contributed by atoms with van der Waals surface area (Å²) in [6.07, 6.45) is 0.728. The smallest absolute Gasteiger partial charge is 0.272 e. The Labute approximate surface area is 186 Å². The third kappa shape index (κ3) is 4.25. The number of rotatable bonds is 5. The highest BCUT2D eigenvalue weighted by Gasteiger charge is 2.33. The van der Waals surface area contributed by atoms with E-state index in [0.29, 0.717) is 48.6 Å². The van der Waals surface area contributed by atoms with Crippen LogP contribution in [0.15, 0.2) is 59.5 Å². The minimum atomic E-state index is -3.49. The van der Waals surface area contributed by atoms with E-state index in [1.807, 2.05) is 0 Å². The third-order valence-electron chi connectivity index (χ3n) is 5.79. The molecule has 0 atom stereocenters. The normalized spacial score (nSPS) is 15.0. The Morgan fingerprint density at radius 3 is 2.28 bits per heavy atom. The molecule has 0 saturated carbocycles. The number of likely N-dealkylation sites (tertiary alicyclic amines) is 1. The fourth-order valence-electron chi connectivity index (χ4n) is 3.92. The van der Waals surface area contributed by atoms with Crippen molar-refractivity contribution in [3.8, 4) is 17.0 Å². The maximum atomic E-state index is 13.2. The maximum Gasteiger partial charge on any atom is 0.272 e. The molecule has 1 saturated heterocycles. The standard InChI is InChI=1S/C23H24FN3O4S/c1-26-22(15-21(25-26)16-3-5-17(24)6-4-16)23(28)27-13-11-20(12-14-27)32(29,30)19-9-7-18(31-2)8-10-19/h3-10,15,20H,11-14H2,1-2H3. The molecular weight excluding hydrogens is 433 g/mol. The van der Waals surface area contributed by atoms with Crippen LogP contribution in [-0.4, -0.2) is 54.5 Å². The molecule has 168 valence electrons. The van der Waals surface area contributed by atoms with Gasteiger partial charge < -0.3 is 9.64 Å². The number of ether oxygens (including phenoxy) is 1. The van der Waals surface area contributed by atoms with Gasteiger partial charge in [0.25, 0.3) is 5.91 Å². The van der Waals surface area contributed by atoms with E-state index in [9.17, 15) is 17.6 Å². The fourth-order valence-corrected chi connectivity index (χ4v) is 5.65. The van der Waals surface area contributed by atoms with Crippen LogP contribution in [-0.2, 0) is 16.9 Å². The quantitative estimate of drug-likeness (QED) is 0.587. The number of piperidine rings is 1. The van der Waals surface area contributed by atoms with Crippen LogP contribution in [0.3, 0.4) is 0 Å². The van der Waals surface area contributed by atoms with Gasteiger partial charge in [-0.3, -0.25) is 9.48 Å². The number of hydrogen-bond acceptors (Lipinski definition) is 5. The molecule has 1 aromatic heterocycles. The molecule has 0 N–H and O–H groups in total. The number of aryl methyl sites for hydroxylation is 1. The zero-order valence-electron chi connectivity index (χ0n) is 17.9. The number of halogens is 1. The van der Waals surface area contributed by atoms with Gasteiger partial charge in [-0.1, -0.05) is 0 Å². The van der Waals surface area contributed by atoms with E-state index in [0.717, 1.165) is 0 Å². The molecule has 32 heavy (non-hydrogen) atoms. The number of carbonyl (C=O) groups excluding carboxylic acids is 1. The molecule has 4 rings (SSSR count). The van der Waals surface area contributed by atoms with Crippen molar-refractivity contribution in [3.05, 3.63) is 66.1 Å². The average Bonchev–Trinajstić information content (AvgIpc) is 3.20. The molecule has 0 spiro atoms. The summed E-state index contributed by atoms with van der Waals surface area (Å²) in [7, 11) is -0.276. The fraction of sp³-hybridized carbons (Fsp3) is 0.304. The van der Waals surface area contributed by atoms with Gasteiger partial charge in [0, 0.05) is 25.7 Å². The molecule has 1 amide bonds. The first-order valence-corrected chi connectivity index (χ1v) is 11.8. The second kappa shape index (κ2) is 8.74. The summed E-state index contributed by atoms with van der Waals surface area (Å²) in [6.45, 7) is 0.686. The Balaban J connectivity index is 1.45. The van der Waals surface area contributed by atoms with Gasteiger partial charge in [0.05, 0.1) is 22.9 Å². The predicted molar refractivity (Wildman–Crippen MR) is 118 cm³/mol. The van der Waals surface area contributed by atoms with Gasteiger partial charge in [-0.15, -0.1) is 0 Å². The summed E-state index contributed by atoms with van der Waals surface area (Å²) in [5.74, 6) is 0.0580. The molecule has 2 heterocycles. The van der Waals surface area contributed by atoms with Crippen LogP contribution in [0.1, 0.15) is 23.3 Å². The highest BCUT2D eigenvalue weighted by atomic mass is 32.2. The molecule has 0 radical (unpaired) electrons. The van der Waals surface area contributed by atoms with Gasteiger partial charge in [0.15, 0.2) is 9.84 Å². The van der Waals surface area contributed by atoms with Gasteiger partial charge in [-0.25, -0.2) is 12.8 Å². The summed E-state index contributed by atoms with van der Waals surface area (Å²) < 4.78 is 45.7. The van der Waals surface area contributed by atoms with Gasteiger partial charge in [0.1, 0.15) is 17.3 Å². The van der Waals surface area contributed by atoms with E-state index in [1.54, 1.807) is 54.4 Å². The molecule has 1 aliphatic heterocycles. The van der Waals surface area contributed by atoms with E-state index in [1.165, 1.54) is 23.9 Å². The first-order valence-electron chi connectivity index (χ1n) is 10.3. The number of nitrogens with zero attached hydrogens (tertiary/aromatic N) is 3. The zero-order valence-corrected chi connectivity index (χ0v) is 18.7. The van der Waals surface area contributed by atoms with Crippen molar-refractivity contribution in [2.24, 2.45) is 7.05 Å². The van der Waals surface area contributed by atoms with E-state index < -0.39 is 15.1 Å². The number of sulfone groups is 1. The summed E-state index contributed by atoms with van der Waals surface area (Å²) in [5.41, 5.74) is 1.69. The number of hydrogen-bond donors (Lipinski definition) is 0. The van der Waals surface area contributed by atoms with Crippen molar-refractivity contribution in [1.29, 1.82) is 0 Å². The van der Waals surface area contributed by atoms with Crippen molar-refractivity contribution in [3.63, 3.8) is 0 Å². The third-order valence-corrected chi connectivity index (χ3v) is 8.07. The van der Waals surface area contributed by atoms with Crippen LogP contribution in [0.5, 0.6) is 5.75 Å². The zero-order chi connectivity index (χ0) is 22.9. The summed E-state index contributed by atoms with van der Waals surface area (Å²) in [4.78, 5) is 15.0. The molecular formula is C23H24FN3O4S. The molecule has 0 bridgehead atoms. The molecule has 3 aromatic rings. The lowest BCUT2D eigenvalue weighted by molar-refractivity contribution is 0.0714. The SMILES string of the molecule is COc1ccc(S(=O)(=O)C2CCN(C(=O)c3cc(-c4ccc(F)cc4)nn3C)CC2)cc1. The average molecular weight is 458 g/mol. The van der Waals surface area contributed by atoms with Gasteiger partial charge in [-0.05, 0) is 67.4 Å². The lowest BCUT2D eigenvalue weighted by Gasteiger charge is -2.31. The molecule has 0 unspecified atom stereocenters. The largest absolute Gasteiger partial charge is 0.497 e. The van der Waals surface area contributed by atoms with E-state index in [4.69, 9.17) is 4.74 Å². The van der Waals surface area contributed by atoms with Gasteiger partial charge in [-0.2, -0.15) is 5.10 Å².